The molecule has 1 saturated heterocycles. The van der Waals surface area contributed by atoms with Crippen LogP contribution in [0.1, 0.15) is 31.2 Å². The van der Waals surface area contributed by atoms with Gasteiger partial charge in [-0.2, -0.15) is 13.2 Å². The number of alkyl halides is 3. The van der Waals surface area contributed by atoms with Crippen LogP contribution in [-0.2, 0) is 25.6 Å². The van der Waals surface area contributed by atoms with Crippen molar-refractivity contribution in [1.82, 2.24) is 10.6 Å². The molecule has 0 atom stereocenters. The number of piperidine rings is 1. The maximum Gasteiger partial charge on any atom is 0.490 e. The molecule has 14 heteroatoms. The van der Waals surface area contributed by atoms with Crippen molar-refractivity contribution < 1.29 is 57.1 Å². The average molecular weight is 522 g/mol. The van der Waals surface area contributed by atoms with E-state index in [0.29, 0.717) is 25.3 Å². The quantitative estimate of drug-likeness (QED) is 0.272. The molecule has 0 aromatic heterocycles. The number of amides is 1. The molecule has 0 spiro atoms. The SMILES string of the molecule is O=C(O)C(F)(F)F.O=C(O)COc1ccc(CCNC(=O)CCC2CCNCC2)cc1OCC(=O)O. The van der Waals surface area contributed by atoms with Crippen molar-refractivity contribution in [2.45, 2.75) is 38.3 Å². The Balaban J connectivity index is 0.000000809. The predicted octanol–water partition coefficient (Wildman–Crippen LogP) is 1.69. The van der Waals surface area contributed by atoms with Crippen molar-refractivity contribution in [1.29, 1.82) is 0 Å². The second-order valence-corrected chi connectivity index (χ2v) is 7.78. The summed E-state index contributed by atoms with van der Waals surface area (Å²) in [6, 6.07) is 4.86. The number of rotatable bonds is 12. The molecule has 0 saturated carbocycles. The van der Waals surface area contributed by atoms with Gasteiger partial charge in [-0.05, 0) is 62.4 Å². The lowest BCUT2D eigenvalue weighted by atomic mass is 9.93. The summed E-state index contributed by atoms with van der Waals surface area (Å²) < 4.78 is 42.1. The van der Waals surface area contributed by atoms with Gasteiger partial charge in [0, 0.05) is 13.0 Å². The highest BCUT2D eigenvalue weighted by Crippen LogP contribution is 2.28. The lowest BCUT2D eigenvalue weighted by Gasteiger charge is -2.22. The van der Waals surface area contributed by atoms with E-state index in [9.17, 15) is 27.6 Å². The maximum absolute atomic E-state index is 12.0. The monoisotopic (exact) mass is 522 g/mol. The largest absolute Gasteiger partial charge is 0.490 e. The van der Waals surface area contributed by atoms with Crippen molar-refractivity contribution in [2.24, 2.45) is 5.92 Å². The molecular formula is C22H29F3N2O9. The Morgan fingerprint density at radius 1 is 0.972 bits per heavy atom. The fourth-order valence-electron chi connectivity index (χ4n) is 3.16. The summed E-state index contributed by atoms with van der Waals surface area (Å²) in [4.78, 5) is 42.3. The molecule has 1 amide bonds. The number of carboxylic acid groups (broad SMARTS) is 3. The molecule has 1 heterocycles. The fourth-order valence-corrected chi connectivity index (χ4v) is 3.16. The van der Waals surface area contributed by atoms with Gasteiger partial charge in [-0.25, -0.2) is 14.4 Å². The van der Waals surface area contributed by atoms with Crippen molar-refractivity contribution in [3.05, 3.63) is 23.8 Å². The zero-order valence-corrected chi connectivity index (χ0v) is 19.3. The molecule has 1 fully saturated rings. The predicted molar refractivity (Wildman–Crippen MR) is 118 cm³/mol. The molecule has 1 aliphatic heterocycles. The van der Waals surface area contributed by atoms with Gasteiger partial charge in [-0.3, -0.25) is 4.79 Å². The first-order valence-electron chi connectivity index (χ1n) is 11.0. The third kappa shape index (κ3) is 13.4. The van der Waals surface area contributed by atoms with Gasteiger partial charge in [-0.1, -0.05) is 6.07 Å². The topological polar surface area (TPSA) is 171 Å². The van der Waals surface area contributed by atoms with Gasteiger partial charge in [0.05, 0.1) is 0 Å². The van der Waals surface area contributed by atoms with E-state index in [-0.39, 0.29) is 17.4 Å². The average Bonchev–Trinajstić information content (AvgIpc) is 2.81. The van der Waals surface area contributed by atoms with Crippen LogP contribution in [0.15, 0.2) is 18.2 Å². The minimum Gasteiger partial charge on any atom is -0.479 e. The van der Waals surface area contributed by atoms with Gasteiger partial charge < -0.3 is 35.4 Å². The number of benzene rings is 1. The van der Waals surface area contributed by atoms with E-state index in [2.05, 4.69) is 10.6 Å². The van der Waals surface area contributed by atoms with E-state index in [1.807, 2.05) is 0 Å². The number of aliphatic carboxylic acids is 3. The number of hydrogen-bond acceptors (Lipinski definition) is 7. The van der Waals surface area contributed by atoms with E-state index < -0.39 is 37.3 Å². The third-order valence-corrected chi connectivity index (χ3v) is 4.93. The fraction of sp³-hybridized carbons (Fsp3) is 0.545. The van der Waals surface area contributed by atoms with Gasteiger partial charge in [0.2, 0.25) is 5.91 Å². The lowest BCUT2D eigenvalue weighted by molar-refractivity contribution is -0.192. The Kier molecular flexibility index (Phi) is 13.1. The summed E-state index contributed by atoms with van der Waals surface area (Å²) in [6.45, 7) is 1.35. The zero-order valence-electron chi connectivity index (χ0n) is 19.3. The first-order chi connectivity index (χ1) is 16.9. The highest BCUT2D eigenvalue weighted by Gasteiger charge is 2.38. The Morgan fingerprint density at radius 3 is 2.06 bits per heavy atom. The van der Waals surface area contributed by atoms with Gasteiger partial charge in [0.1, 0.15) is 0 Å². The highest BCUT2D eigenvalue weighted by molar-refractivity contribution is 5.75. The minimum atomic E-state index is -5.08. The van der Waals surface area contributed by atoms with Crippen LogP contribution in [0.5, 0.6) is 11.5 Å². The molecule has 0 aliphatic carbocycles. The summed E-state index contributed by atoms with van der Waals surface area (Å²) in [6.07, 6.45) is -0.914. The van der Waals surface area contributed by atoms with E-state index in [0.717, 1.165) is 37.9 Å². The number of hydrogen-bond donors (Lipinski definition) is 5. The summed E-state index contributed by atoms with van der Waals surface area (Å²) in [5.74, 6) is -4.12. The van der Waals surface area contributed by atoms with Crippen LogP contribution >= 0.6 is 0 Å². The number of ether oxygens (including phenoxy) is 2. The molecule has 1 aromatic rings. The maximum atomic E-state index is 12.0. The summed E-state index contributed by atoms with van der Waals surface area (Å²) in [5, 5.41) is 30.9. The van der Waals surface area contributed by atoms with Gasteiger partial charge in [-0.15, -0.1) is 0 Å². The number of carbonyl (C=O) groups excluding carboxylic acids is 1. The molecule has 1 aromatic carbocycles. The van der Waals surface area contributed by atoms with Crippen LogP contribution in [0.3, 0.4) is 0 Å². The summed E-state index contributed by atoms with van der Waals surface area (Å²) in [5.41, 5.74) is 0.812. The van der Waals surface area contributed by atoms with Crippen LogP contribution in [0.25, 0.3) is 0 Å². The third-order valence-electron chi connectivity index (χ3n) is 4.93. The summed E-state index contributed by atoms with van der Waals surface area (Å²) >= 11 is 0. The molecule has 11 nitrogen and oxygen atoms in total. The van der Waals surface area contributed by atoms with Crippen molar-refractivity contribution in [3.63, 3.8) is 0 Å². The molecule has 0 unspecified atom stereocenters. The van der Waals surface area contributed by atoms with Crippen molar-refractivity contribution >= 4 is 23.8 Å². The second kappa shape index (κ2) is 15.4. The minimum absolute atomic E-state index is 0.0206. The molecule has 2 rings (SSSR count). The molecule has 5 N–H and O–H groups in total. The van der Waals surface area contributed by atoms with E-state index in [1.54, 1.807) is 12.1 Å². The first-order valence-corrected chi connectivity index (χ1v) is 11.0. The number of halogens is 3. The van der Waals surface area contributed by atoms with Crippen LogP contribution in [0.2, 0.25) is 0 Å². The number of carbonyl (C=O) groups is 4. The van der Waals surface area contributed by atoms with Crippen LogP contribution < -0.4 is 20.1 Å². The molecule has 0 bridgehead atoms. The molecule has 0 radical (unpaired) electrons. The molecular weight excluding hydrogens is 493 g/mol. The Morgan fingerprint density at radius 2 is 1.53 bits per heavy atom. The molecule has 36 heavy (non-hydrogen) atoms. The van der Waals surface area contributed by atoms with Crippen LogP contribution in [-0.4, -0.2) is 78.2 Å². The Labute approximate surface area is 204 Å². The van der Waals surface area contributed by atoms with Crippen LogP contribution in [0, 0.1) is 5.92 Å². The van der Waals surface area contributed by atoms with E-state index in [4.69, 9.17) is 29.6 Å². The highest BCUT2D eigenvalue weighted by atomic mass is 19.4. The van der Waals surface area contributed by atoms with E-state index in [1.165, 1.54) is 6.07 Å². The normalized spacial score (nSPS) is 13.6. The first kappa shape index (κ1) is 30.5. The smallest absolute Gasteiger partial charge is 0.479 e. The van der Waals surface area contributed by atoms with Gasteiger partial charge in [0.15, 0.2) is 24.7 Å². The second-order valence-electron chi connectivity index (χ2n) is 7.78. The van der Waals surface area contributed by atoms with Gasteiger partial charge >= 0.3 is 24.1 Å². The summed E-state index contributed by atoms with van der Waals surface area (Å²) in [7, 11) is 0. The lowest BCUT2D eigenvalue weighted by Crippen LogP contribution is -2.30. The number of nitrogens with one attached hydrogen (secondary N) is 2. The van der Waals surface area contributed by atoms with E-state index >= 15 is 0 Å². The van der Waals surface area contributed by atoms with Gasteiger partial charge in [0.25, 0.3) is 0 Å². The Bertz CT molecular complexity index is 888. The zero-order chi connectivity index (χ0) is 27.1. The van der Waals surface area contributed by atoms with Crippen molar-refractivity contribution in [3.8, 4) is 11.5 Å². The standard InChI is InChI=1S/C20H28N2O7.C2HF3O2/c23-18(4-2-14-5-8-21-9-6-14)22-10-7-15-1-3-16(28-12-19(24)25)17(11-15)29-13-20(26)27;3-2(4,5)1(6)7/h1,3,11,14,21H,2,4-10,12-13H2,(H,22,23)(H,24,25)(H,26,27);(H,6,7). The van der Waals surface area contributed by atoms with Crippen LogP contribution in [0.4, 0.5) is 13.2 Å². The Hall–Kier alpha value is -3.55. The molecule has 1 aliphatic rings. The van der Waals surface area contributed by atoms with Crippen molar-refractivity contribution in [2.75, 3.05) is 32.8 Å². The molecule has 202 valence electrons. The number of carboxylic acids is 3.